The molecule has 1 fully saturated rings. The van der Waals surface area contributed by atoms with Crippen LogP contribution in [0.5, 0.6) is 5.75 Å². The molecule has 1 aliphatic rings. The Morgan fingerprint density at radius 1 is 1.17 bits per heavy atom. The SMILES string of the molecule is CC1(C)C(NS(=O)(=O)c2cccc(O)c2)C1(C)C. The summed E-state index contributed by atoms with van der Waals surface area (Å²) in [7, 11) is -3.57. The first kappa shape index (κ1) is 13.4. The lowest BCUT2D eigenvalue weighted by Gasteiger charge is -2.08. The average molecular weight is 269 g/mol. The quantitative estimate of drug-likeness (QED) is 0.883. The summed E-state index contributed by atoms with van der Waals surface area (Å²) in [6.45, 7) is 8.18. The van der Waals surface area contributed by atoms with Gasteiger partial charge in [0, 0.05) is 6.04 Å². The number of phenols is 1. The fourth-order valence-corrected chi connectivity index (χ4v) is 3.93. The molecule has 1 aliphatic carbocycles. The summed E-state index contributed by atoms with van der Waals surface area (Å²) >= 11 is 0. The molecular weight excluding hydrogens is 250 g/mol. The predicted octanol–water partition coefficient (Wildman–Crippen LogP) is 2.11. The highest BCUT2D eigenvalue weighted by Crippen LogP contribution is 2.62. The molecule has 1 saturated carbocycles. The lowest BCUT2D eigenvalue weighted by molar-refractivity contribution is 0.457. The Labute approximate surface area is 108 Å². The smallest absolute Gasteiger partial charge is 0.240 e. The van der Waals surface area contributed by atoms with Crippen molar-refractivity contribution in [2.75, 3.05) is 0 Å². The molecule has 0 aliphatic heterocycles. The zero-order valence-electron chi connectivity index (χ0n) is 11.1. The van der Waals surface area contributed by atoms with Crippen molar-refractivity contribution in [3.05, 3.63) is 24.3 Å². The lowest BCUT2D eigenvalue weighted by Crippen LogP contribution is -2.29. The standard InChI is InChI=1S/C13H19NO3S/c1-12(2)11(13(12,3)4)14-18(16,17)10-7-5-6-9(15)8-10/h5-8,11,14-15H,1-4H3. The topological polar surface area (TPSA) is 66.4 Å². The second kappa shape index (κ2) is 3.71. The zero-order valence-corrected chi connectivity index (χ0v) is 11.9. The highest BCUT2D eigenvalue weighted by molar-refractivity contribution is 7.89. The van der Waals surface area contributed by atoms with Gasteiger partial charge in [0.05, 0.1) is 4.90 Å². The van der Waals surface area contributed by atoms with Gasteiger partial charge in [-0.2, -0.15) is 0 Å². The van der Waals surface area contributed by atoms with Crippen LogP contribution >= 0.6 is 0 Å². The van der Waals surface area contributed by atoms with Crippen LogP contribution in [-0.4, -0.2) is 19.6 Å². The van der Waals surface area contributed by atoms with Gasteiger partial charge in [0.15, 0.2) is 0 Å². The second-order valence-corrected chi connectivity index (χ2v) is 7.71. The third-order valence-electron chi connectivity index (χ3n) is 4.42. The van der Waals surface area contributed by atoms with Gasteiger partial charge in [-0.3, -0.25) is 0 Å². The Morgan fingerprint density at radius 2 is 1.72 bits per heavy atom. The maximum absolute atomic E-state index is 12.2. The van der Waals surface area contributed by atoms with E-state index in [1.807, 2.05) is 27.7 Å². The van der Waals surface area contributed by atoms with Crippen molar-refractivity contribution in [1.29, 1.82) is 0 Å². The van der Waals surface area contributed by atoms with Gasteiger partial charge in [-0.1, -0.05) is 33.8 Å². The Morgan fingerprint density at radius 3 is 2.17 bits per heavy atom. The van der Waals surface area contributed by atoms with E-state index in [9.17, 15) is 13.5 Å². The van der Waals surface area contributed by atoms with Gasteiger partial charge >= 0.3 is 0 Å². The average Bonchev–Trinajstić information content (AvgIpc) is 2.61. The lowest BCUT2D eigenvalue weighted by atomic mass is 10.0. The fourth-order valence-electron chi connectivity index (χ4n) is 2.36. The normalized spacial score (nSPS) is 21.8. The van der Waals surface area contributed by atoms with E-state index in [0.29, 0.717) is 0 Å². The van der Waals surface area contributed by atoms with Crippen LogP contribution in [0.4, 0.5) is 0 Å². The first-order chi connectivity index (χ1) is 8.09. The minimum absolute atomic E-state index is 0.0489. The van der Waals surface area contributed by atoms with Crippen molar-refractivity contribution < 1.29 is 13.5 Å². The molecule has 1 aromatic carbocycles. The first-order valence-corrected chi connectivity index (χ1v) is 7.39. The summed E-state index contributed by atoms with van der Waals surface area (Å²) in [5.41, 5.74) is -0.117. The van der Waals surface area contributed by atoms with Crippen molar-refractivity contribution in [2.24, 2.45) is 10.8 Å². The molecule has 2 N–H and O–H groups in total. The highest BCUT2D eigenvalue weighted by Gasteiger charge is 2.65. The Kier molecular flexibility index (Phi) is 2.76. The molecule has 4 nitrogen and oxygen atoms in total. The molecule has 0 heterocycles. The van der Waals surface area contributed by atoms with Crippen LogP contribution in [0.2, 0.25) is 0 Å². The van der Waals surface area contributed by atoms with Crippen molar-refractivity contribution in [2.45, 2.75) is 38.6 Å². The summed E-state index contributed by atoms with van der Waals surface area (Å²) in [4.78, 5) is 0.0981. The molecule has 0 amide bonds. The van der Waals surface area contributed by atoms with Crippen LogP contribution in [0.15, 0.2) is 29.2 Å². The van der Waals surface area contributed by atoms with Crippen molar-refractivity contribution >= 4 is 10.0 Å². The van der Waals surface area contributed by atoms with Crippen molar-refractivity contribution in [3.8, 4) is 5.75 Å². The first-order valence-electron chi connectivity index (χ1n) is 5.90. The van der Waals surface area contributed by atoms with Crippen LogP contribution in [0.3, 0.4) is 0 Å². The van der Waals surface area contributed by atoms with Gasteiger partial charge in [0.1, 0.15) is 5.75 Å². The van der Waals surface area contributed by atoms with E-state index in [2.05, 4.69) is 4.72 Å². The number of sulfonamides is 1. The van der Waals surface area contributed by atoms with E-state index in [1.165, 1.54) is 24.3 Å². The third-order valence-corrected chi connectivity index (χ3v) is 5.84. The molecule has 1 aromatic rings. The number of aromatic hydroxyl groups is 1. The van der Waals surface area contributed by atoms with Gasteiger partial charge in [0.25, 0.3) is 0 Å². The third kappa shape index (κ3) is 1.91. The number of hydrogen-bond acceptors (Lipinski definition) is 3. The molecule has 0 aromatic heterocycles. The fraction of sp³-hybridized carbons (Fsp3) is 0.538. The summed E-state index contributed by atoms with van der Waals surface area (Å²) in [6, 6.07) is 5.61. The van der Waals surface area contributed by atoms with Crippen molar-refractivity contribution in [3.63, 3.8) is 0 Å². The van der Waals surface area contributed by atoms with E-state index < -0.39 is 10.0 Å². The minimum atomic E-state index is -3.57. The summed E-state index contributed by atoms with van der Waals surface area (Å²) in [6.07, 6.45) is 0. The van der Waals surface area contributed by atoms with Crippen molar-refractivity contribution in [1.82, 2.24) is 4.72 Å². The number of nitrogens with one attached hydrogen (secondary N) is 1. The molecule has 100 valence electrons. The molecule has 0 spiro atoms. The molecular formula is C13H19NO3S. The zero-order chi connectivity index (χ0) is 13.8. The monoisotopic (exact) mass is 269 g/mol. The van der Waals surface area contributed by atoms with E-state index in [-0.39, 0.29) is 27.5 Å². The molecule has 0 saturated heterocycles. The van der Waals surface area contributed by atoms with Gasteiger partial charge < -0.3 is 5.11 Å². The van der Waals surface area contributed by atoms with Gasteiger partial charge in [0.2, 0.25) is 10.0 Å². The Bertz CT molecular complexity index is 562. The van der Waals surface area contributed by atoms with E-state index in [4.69, 9.17) is 0 Å². The molecule has 0 radical (unpaired) electrons. The van der Waals surface area contributed by atoms with Crippen LogP contribution < -0.4 is 4.72 Å². The molecule has 5 heteroatoms. The number of phenolic OH excluding ortho intramolecular Hbond substituents is 1. The molecule has 0 unspecified atom stereocenters. The summed E-state index contributed by atoms with van der Waals surface area (Å²) in [5.74, 6) is -0.0489. The van der Waals surface area contributed by atoms with Gasteiger partial charge in [-0.05, 0) is 29.0 Å². The highest BCUT2D eigenvalue weighted by atomic mass is 32.2. The van der Waals surface area contributed by atoms with Crippen LogP contribution in [0.1, 0.15) is 27.7 Å². The van der Waals surface area contributed by atoms with E-state index in [0.717, 1.165) is 0 Å². The number of hydrogen-bond donors (Lipinski definition) is 2. The Hall–Kier alpha value is -1.07. The van der Waals surface area contributed by atoms with E-state index >= 15 is 0 Å². The van der Waals surface area contributed by atoms with E-state index in [1.54, 1.807) is 0 Å². The Balaban J connectivity index is 2.25. The van der Waals surface area contributed by atoms with Crippen LogP contribution in [-0.2, 0) is 10.0 Å². The molecule has 0 atom stereocenters. The maximum Gasteiger partial charge on any atom is 0.240 e. The second-order valence-electron chi connectivity index (χ2n) is 6.00. The van der Waals surface area contributed by atoms with Crippen LogP contribution in [0, 0.1) is 10.8 Å². The minimum Gasteiger partial charge on any atom is -0.508 e. The predicted molar refractivity (Wildman–Crippen MR) is 69.8 cm³/mol. The maximum atomic E-state index is 12.2. The van der Waals surface area contributed by atoms with Crippen LogP contribution in [0.25, 0.3) is 0 Å². The number of rotatable bonds is 3. The number of benzene rings is 1. The van der Waals surface area contributed by atoms with Gasteiger partial charge in [-0.25, -0.2) is 13.1 Å². The summed E-state index contributed by atoms with van der Waals surface area (Å²) in [5, 5.41) is 9.34. The molecule has 0 bridgehead atoms. The molecule has 18 heavy (non-hydrogen) atoms. The van der Waals surface area contributed by atoms with Gasteiger partial charge in [-0.15, -0.1) is 0 Å². The largest absolute Gasteiger partial charge is 0.508 e. The summed E-state index contributed by atoms with van der Waals surface area (Å²) < 4.78 is 27.1. The molecule has 2 rings (SSSR count).